The van der Waals surface area contributed by atoms with Gasteiger partial charge in [-0.15, -0.1) is 0 Å². The molecule has 1 heterocycles. The molecule has 2 atom stereocenters. The molecule has 1 aliphatic heterocycles. The third kappa shape index (κ3) is 6.30. The minimum absolute atomic E-state index is 0.0432. The van der Waals surface area contributed by atoms with Crippen LogP contribution in [-0.4, -0.2) is 72.8 Å². The number of carbonyl (C=O) groups excluding carboxylic acids is 1. The second-order valence-electron chi connectivity index (χ2n) is 6.77. The van der Waals surface area contributed by atoms with Crippen LogP contribution in [0.4, 0.5) is 0 Å². The number of aliphatic hydroxyl groups is 1. The number of ether oxygens (including phenoxy) is 1. The second kappa shape index (κ2) is 9.75. The Morgan fingerprint density at radius 3 is 2.92 bits per heavy atom. The van der Waals surface area contributed by atoms with E-state index >= 15 is 0 Å². The van der Waals surface area contributed by atoms with Crippen molar-refractivity contribution in [2.24, 2.45) is 0 Å². The molecule has 2 N–H and O–H groups in total. The van der Waals surface area contributed by atoms with Crippen LogP contribution >= 0.6 is 0 Å². The number of nitrogens with one attached hydrogen (secondary N) is 1. The van der Waals surface area contributed by atoms with Crippen LogP contribution in [0.25, 0.3) is 0 Å². The number of nitrogens with zero attached hydrogens (tertiary/aromatic N) is 2. The van der Waals surface area contributed by atoms with E-state index in [9.17, 15) is 9.90 Å². The van der Waals surface area contributed by atoms with Crippen LogP contribution in [0.1, 0.15) is 25.8 Å². The molecule has 0 radical (unpaired) electrons. The highest BCUT2D eigenvalue weighted by molar-refractivity contribution is 5.78. The topological polar surface area (TPSA) is 65.0 Å². The van der Waals surface area contributed by atoms with Gasteiger partial charge in [-0.1, -0.05) is 19.1 Å². The fraction of sp³-hybridized carbons (Fsp3) is 0.632. The van der Waals surface area contributed by atoms with Crippen LogP contribution in [-0.2, 0) is 11.3 Å². The van der Waals surface area contributed by atoms with Crippen LogP contribution in [0.2, 0.25) is 0 Å². The lowest BCUT2D eigenvalue weighted by atomic mass is 10.1. The Hall–Kier alpha value is -1.63. The third-order valence-corrected chi connectivity index (χ3v) is 4.65. The molecule has 0 aliphatic carbocycles. The standard InChI is InChI=1S/C19H31N3O3/c1-4-17-13-21(8-9-22(17)12-15(2)23)14-19(24)20-11-16-6-5-7-18(10-16)25-3/h5-7,10,15,17,23H,4,8-9,11-14H2,1-3H3,(H,20,24)/t15-,17-/m0/s1. The number of hydrogen-bond donors (Lipinski definition) is 2. The first-order valence-electron chi connectivity index (χ1n) is 9.06. The molecule has 25 heavy (non-hydrogen) atoms. The van der Waals surface area contributed by atoms with E-state index in [0.717, 1.165) is 37.4 Å². The molecule has 1 saturated heterocycles. The first-order chi connectivity index (χ1) is 12.0. The molecule has 0 saturated carbocycles. The molecule has 1 aromatic carbocycles. The normalized spacial score (nSPS) is 20.2. The fourth-order valence-corrected chi connectivity index (χ4v) is 3.31. The number of carbonyl (C=O) groups is 1. The monoisotopic (exact) mass is 349 g/mol. The number of piperazine rings is 1. The maximum atomic E-state index is 12.3. The predicted octanol–water partition coefficient (Wildman–Crippen LogP) is 1.09. The van der Waals surface area contributed by atoms with Gasteiger partial charge in [0.2, 0.25) is 5.91 Å². The summed E-state index contributed by atoms with van der Waals surface area (Å²) >= 11 is 0. The van der Waals surface area contributed by atoms with Gasteiger partial charge in [-0.2, -0.15) is 0 Å². The molecule has 0 unspecified atom stereocenters. The summed E-state index contributed by atoms with van der Waals surface area (Å²) in [7, 11) is 1.64. The van der Waals surface area contributed by atoms with E-state index in [1.807, 2.05) is 31.2 Å². The molecule has 1 aliphatic rings. The van der Waals surface area contributed by atoms with Crippen molar-refractivity contribution in [3.63, 3.8) is 0 Å². The number of methoxy groups -OCH3 is 1. The van der Waals surface area contributed by atoms with Crippen molar-refractivity contribution in [2.45, 2.75) is 39.0 Å². The van der Waals surface area contributed by atoms with Crippen LogP contribution in [0, 0.1) is 0 Å². The Kier molecular flexibility index (Phi) is 7.68. The molecule has 1 fully saturated rings. The van der Waals surface area contributed by atoms with Gasteiger partial charge in [0.15, 0.2) is 0 Å². The van der Waals surface area contributed by atoms with E-state index in [-0.39, 0.29) is 12.0 Å². The van der Waals surface area contributed by atoms with E-state index in [4.69, 9.17) is 4.74 Å². The van der Waals surface area contributed by atoms with E-state index < -0.39 is 0 Å². The Morgan fingerprint density at radius 1 is 1.44 bits per heavy atom. The highest BCUT2D eigenvalue weighted by atomic mass is 16.5. The van der Waals surface area contributed by atoms with Crippen molar-refractivity contribution >= 4 is 5.91 Å². The molecule has 140 valence electrons. The SMILES string of the molecule is CC[C@H]1CN(CC(=O)NCc2cccc(OC)c2)CCN1C[C@H](C)O. The average Bonchev–Trinajstić information content (AvgIpc) is 2.61. The first-order valence-corrected chi connectivity index (χ1v) is 9.06. The van der Waals surface area contributed by atoms with Crippen molar-refractivity contribution in [2.75, 3.05) is 39.8 Å². The van der Waals surface area contributed by atoms with E-state index in [2.05, 4.69) is 22.0 Å². The molecule has 2 rings (SSSR count). The second-order valence-corrected chi connectivity index (χ2v) is 6.77. The van der Waals surface area contributed by atoms with Crippen LogP contribution in [0.3, 0.4) is 0 Å². The minimum atomic E-state index is -0.313. The molecular weight excluding hydrogens is 318 g/mol. The molecule has 6 heteroatoms. The molecule has 0 aromatic heterocycles. The molecule has 6 nitrogen and oxygen atoms in total. The van der Waals surface area contributed by atoms with Crippen molar-refractivity contribution in [3.05, 3.63) is 29.8 Å². The predicted molar refractivity (Wildman–Crippen MR) is 98.6 cm³/mol. The lowest BCUT2D eigenvalue weighted by Gasteiger charge is -2.41. The van der Waals surface area contributed by atoms with Gasteiger partial charge in [-0.25, -0.2) is 0 Å². The number of amides is 1. The van der Waals surface area contributed by atoms with Gasteiger partial charge in [0.05, 0.1) is 19.8 Å². The lowest BCUT2D eigenvalue weighted by molar-refractivity contribution is -0.123. The summed E-state index contributed by atoms with van der Waals surface area (Å²) < 4.78 is 5.20. The van der Waals surface area contributed by atoms with Crippen LogP contribution in [0.5, 0.6) is 5.75 Å². The summed E-state index contributed by atoms with van der Waals surface area (Å²) in [6.45, 7) is 8.24. The van der Waals surface area contributed by atoms with E-state index in [1.54, 1.807) is 7.11 Å². The number of benzene rings is 1. The number of β-amino-alcohol motifs (C(OH)–C–C–N with tert-alkyl or cyclic N) is 1. The zero-order chi connectivity index (χ0) is 18.2. The summed E-state index contributed by atoms with van der Waals surface area (Å²) in [4.78, 5) is 16.8. The summed E-state index contributed by atoms with van der Waals surface area (Å²) in [5, 5.41) is 12.6. The molecule has 1 amide bonds. The third-order valence-electron chi connectivity index (χ3n) is 4.65. The number of hydrogen-bond acceptors (Lipinski definition) is 5. The Labute approximate surface area is 150 Å². The van der Waals surface area contributed by atoms with Gasteiger partial charge in [-0.3, -0.25) is 14.6 Å². The Bertz CT molecular complexity index is 550. The van der Waals surface area contributed by atoms with Crippen molar-refractivity contribution < 1.29 is 14.6 Å². The summed E-state index contributed by atoms with van der Waals surface area (Å²) in [5.41, 5.74) is 1.03. The smallest absolute Gasteiger partial charge is 0.234 e. The highest BCUT2D eigenvalue weighted by Crippen LogP contribution is 2.14. The zero-order valence-corrected chi connectivity index (χ0v) is 15.6. The van der Waals surface area contributed by atoms with Gasteiger partial charge in [0.25, 0.3) is 0 Å². The molecule has 0 spiro atoms. The highest BCUT2D eigenvalue weighted by Gasteiger charge is 2.27. The maximum Gasteiger partial charge on any atom is 0.234 e. The van der Waals surface area contributed by atoms with E-state index in [1.165, 1.54) is 0 Å². The Morgan fingerprint density at radius 2 is 2.24 bits per heavy atom. The molecular formula is C19H31N3O3. The molecule has 1 aromatic rings. The van der Waals surface area contributed by atoms with Crippen LogP contribution < -0.4 is 10.1 Å². The Balaban J connectivity index is 1.78. The van der Waals surface area contributed by atoms with E-state index in [0.29, 0.717) is 25.7 Å². The average molecular weight is 349 g/mol. The quantitative estimate of drug-likeness (QED) is 0.735. The maximum absolute atomic E-state index is 12.3. The largest absolute Gasteiger partial charge is 0.497 e. The van der Waals surface area contributed by atoms with Gasteiger partial charge in [0.1, 0.15) is 5.75 Å². The summed E-state index contributed by atoms with van der Waals surface area (Å²) in [5.74, 6) is 0.841. The van der Waals surface area contributed by atoms with Gasteiger partial charge in [-0.05, 0) is 31.0 Å². The van der Waals surface area contributed by atoms with Crippen molar-refractivity contribution in [3.8, 4) is 5.75 Å². The van der Waals surface area contributed by atoms with Gasteiger partial charge < -0.3 is 15.2 Å². The number of rotatable bonds is 8. The minimum Gasteiger partial charge on any atom is -0.497 e. The van der Waals surface area contributed by atoms with Crippen molar-refractivity contribution in [1.29, 1.82) is 0 Å². The summed E-state index contributed by atoms with van der Waals surface area (Å²) in [6.07, 6.45) is 0.709. The van der Waals surface area contributed by atoms with Crippen molar-refractivity contribution in [1.82, 2.24) is 15.1 Å². The summed E-state index contributed by atoms with van der Waals surface area (Å²) in [6, 6.07) is 8.12. The molecule has 0 bridgehead atoms. The van der Waals surface area contributed by atoms with Crippen LogP contribution in [0.15, 0.2) is 24.3 Å². The van der Waals surface area contributed by atoms with Gasteiger partial charge in [0, 0.05) is 38.8 Å². The lowest BCUT2D eigenvalue weighted by Crippen LogP contribution is -2.55. The first kappa shape index (κ1) is 19.7. The van der Waals surface area contributed by atoms with Gasteiger partial charge >= 0.3 is 0 Å². The fourth-order valence-electron chi connectivity index (χ4n) is 3.31. The zero-order valence-electron chi connectivity index (χ0n) is 15.6. The number of aliphatic hydroxyl groups excluding tert-OH is 1.